The monoisotopic (exact) mass is 504 g/mol. The number of aryl methyl sites for hydroxylation is 1. The summed E-state index contributed by atoms with van der Waals surface area (Å²) in [4.78, 5) is 24.5. The van der Waals surface area contributed by atoms with E-state index in [1.54, 1.807) is 6.07 Å². The smallest absolute Gasteiger partial charge is 0.358 e. The number of nitrogens with zero attached hydrogens (tertiary/aromatic N) is 5. The summed E-state index contributed by atoms with van der Waals surface area (Å²) in [5.41, 5.74) is -1.11. The highest BCUT2D eigenvalue weighted by Crippen LogP contribution is 2.59. The Morgan fingerprint density at radius 3 is 2.58 bits per heavy atom. The first-order valence-electron chi connectivity index (χ1n) is 12.1. The zero-order chi connectivity index (χ0) is 28.0. The van der Waals surface area contributed by atoms with Crippen LogP contribution in [0.5, 0.6) is 0 Å². The fourth-order valence-electron chi connectivity index (χ4n) is 3.63. The number of nitrogens with one attached hydrogen (secondary N) is 2. The number of alkyl halides is 3. The molecule has 36 heavy (non-hydrogen) atoms. The topological polar surface area (TPSA) is 111 Å². The molecule has 4 aromatic rings. The van der Waals surface area contributed by atoms with Crippen LogP contribution in [0.2, 0.25) is 0 Å². The van der Waals surface area contributed by atoms with Crippen molar-refractivity contribution in [1.29, 1.82) is 0 Å². The van der Waals surface area contributed by atoms with Crippen LogP contribution in [0.15, 0.2) is 53.7 Å². The second-order valence-electron chi connectivity index (χ2n) is 8.27. The molecule has 186 valence electrons. The van der Waals surface area contributed by atoms with Gasteiger partial charge in [-0.05, 0) is 30.0 Å². The van der Waals surface area contributed by atoms with E-state index in [9.17, 15) is 22.4 Å². The normalized spacial score (nSPS) is 16.1. The van der Waals surface area contributed by atoms with E-state index in [1.165, 1.54) is 30.7 Å². The van der Waals surface area contributed by atoms with E-state index in [-0.39, 0.29) is 48.2 Å². The number of rotatable bonds is 7. The van der Waals surface area contributed by atoms with Crippen molar-refractivity contribution in [3.8, 4) is 11.1 Å². The molecule has 2 N–H and O–H groups in total. The van der Waals surface area contributed by atoms with Gasteiger partial charge in [-0.3, -0.25) is 4.79 Å². The lowest BCUT2D eigenvalue weighted by molar-refractivity contribution is -0.165. The minimum Gasteiger partial charge on any atom is -0.358 e. The first-order chi connectivity index (χ1) is 18.3. The van der Waals surface area contributed by atoms with Gasteiger partial charge < -0.3 is 19.7 Å². The number of halogens is 4. The van der Waals surface area contributed by atoms with E-state index in [1.807, 2.05) is 0 Å². The van der Waals surface area contributed by atoms with Crippen molar-refractivity contribution < 1.29 is 31.0 Å². The van der Waals surface area contributed by atoms with E-state index >= 15 is 0 Å². The quantitative estimate of drug-likeness (QED) is 0.356. The second-order valence-corrected chi connectivity index (χ2v) is 8.27. The highest BCUT2D eigenvalue weighted by atomic mass is 19.4. The van der Waals surface area contributed by atoms with Gasteiger partial charge in [0.1, 0.15) is 11.2 Å². The minimum absolute atomic E-state index is 0.0537. The molecule has 3 heterocycles. The highest BCUT2D eigenvalue weighted by molar-refractivity contribution is 5.91. The Morgan fingerprint density at radius 2 is 1.94 bits per heavy atom. The molecule has 1 aromatic carbocycles. The van der Waals surface area contributed by atoms with Gasteiger partial charge in [0.2, 0.25) is 11.9 Å². The van der Waals surface area contributed by atoms with Gasteiger partial charge in [-0.2, -0.15) is 13.2 Å². The van der Waals surface area contributed by atoms with Crippen molar-refractivity contribution in [3.05, 3.63) is 66.3 Å². The molecule has 0 unspecified atom stereocenters. The van der Waals surface area contributed by atoms with Crippen molar-refractivity contribution in [2.24, 2.45) is 6.98 Å². The summed E-state index contributed by atoms with van der Waals surface area (Å²) in [6, 6.07) is 5.19. The third-order valence-electron chi connectivity index (χ3n) is 5.75. The molecule has 0 atom stereocenters. The van der Waals surface area contributed by atoms with Gasteiger partial charge in [-0.15, -0.1) is 0 Å². The van der Waals surface area contributed by atoms with E-state index in [2.05, 4.69) is 30.7 Å². The standard InChI is InChI=1S/C23H19F4N7O2/c1-34-11-19(30-12-34)32-21-28-9-15(10-29-21)13-2-3-14(16(24)6-13)7-20(35)31-18-8-17(36-33-18)22(4-5-22)23(25,26)27/h2-3,6,8-12H,4-5,7H2,1H3,(H,28,29,32)(H,31,33,35)/i1D3. The Labute approximate surface area is 205 Å². The Hall–Kier alpha value is -4.29. The second kappa shape index (κ2) is 8.73. The van der Waals surface area contributed by atoms with Gasteiger partial charge in [0.05, 0.1) is 12.7 Å². The van der Waals surface area contributed by atoms with Crippen molar-refractivity contribution in [1.82, 2.24) is 24.7 Å². The van der Waals surface area contributed by atoms with E-state index in [0.29, 0.717) is 11.1 Å². The van der Waals surface area contributed by atoms with Gasteiger partial charge in [-0.25, -0.2) is 19.3 Å². The molecule has 0 bridgehead atoms. The molecule has 1 aliphatic rings. The lowest BCUT2D eigenvalue weighted by atomic mass is 10.0. The molecule has 1 amide bonds. The maximum atomic E-state index is 14.8. The van der Waals surface area contributed by atoms with Crippen LogP contribution < -0.4 is 10.6 Å². The predicted molar refractivity (Wildman–Crippen MR) is 120 cm³/mol. The fraction of sp³-hybridized carbons (Fsp3) is 0.261. The van der Waals surface area contributed by atoms with E-state index in [4.69, 9.17) is 8.64 Å². The average Bonchev–Trinajstić information content (AvgIpc) is 3.33. The summed E-state index contributed by atoms with van der Waals surface area (Å²) >= 11 is 0. The van der Waals surface area contributed by atoms with E-state index < -0.39 is 30.3 Å². The zero-order valence-corrected chi connectivity index (χ0v) is 18.3. The van der Waals surface area contributed by atoms with Crippen molar-refractivity contribution in [3.63, 3.8) is 0 Å². The Morgan fingerprint density at radius 1 is 1.17 bits per heavy atom. The number of anilines is 3. The minimum atomic E-state index is -4.48. The molecule has 9 nitrogen and oxygen atoms in total. The number of hydrogen-bond donors (Lipinski definition) is 2. The van der Waals surface area contributed by atoms with Gasteiger partial charge in [0.15, 0.2) is 17.4 Å². The van der Waals surface area contributed by atoms with Crippen LogP contribution in [0.4, 0.5) is 35.1 Å². The predicted octanol–water partition coefficient (Wildman–Crippen LogP) is 4.52. The molecule has 0 saturated heterocycles. The number of amides is 1. The van der Waals surface area contributed by atoms with Crippen LogP contribution in [0, 0.1) is 5.82 Å². The summed E-state index contributed by atoms with van der Waals surface area (Å²) in [6.07, 6.45) is 0.182. The van der Waals surface area contributed by atoms with Crippen molar-refractivity contribution >= 4 is 23.5 Å². The molecule has 3 aromatic heterocycles. The largest absolute Gasteiger partial charge is 0.401 e. The molecule has 13 heteroatoms. The van der Waals surface area contributed by atoms with Gasteiger partial charge >= 0.3 is 6.18 Å². The van der Waals surface area contributed by atoms with E-state index in [0.717, 1.165) is 17.0 Å². The number of carbonyl (C=O) groups is 1. The molecule has 1 saturated carbocycles. The molecular weight excluding hydrogens is 482 g/mol. The van der Waals surface area contributed by atoms with Crippen LogP contribution in [-0.4, -0.2) is 36.8 Å². The average molecular weight is 504 g/mol. The van der Waals surface area contributed by atoms with Crippen LogP contribution in [0.3, 0.4) is 0 Å². The third-order valence-corrected chi connectivity index (χ3v) is 5.75. The maximum Gasteiger partial charge on any atom is 0.401 e. The Kier molecular flexibility index (Phi) is 4.84. The van der Waals surface area contributed by atoms with Crippen molar-refractivity contribution in [2.45, 2.75) is 30.9 Å². The molecule has 1 fully saturated rings. The molecule has 5 rings (SSSR count). The van der Waals surface area contributed by atoms with Crippen molar-refractivity contribution in [2.75, 3.05) is 10.6 Å². The molecule has 1 aliphatic carbocycles. The van der Waals surface area contributed by atoms with Crippen LogP contribution in [0.1, 0.15) is 28.3 Å². The van der Waals surface area contributed by atoms with Gasteiger partial charge in [0, 0.05) is 41.3 Å². The first-order valence-corrected chi connectivity index (χ1v) is 10.6. The Bertz CT molecular complexity index is 1510. The molecular formula is C23H19F4N7O2. The summed E-state index contributed by atoms with van der Waals surface area (Å²) in [7, 11) is 0. The number of hydrogen-bond acceptors (Lipinski definition) is 7. The van der Waals surface area contributed by atoms with Gasteiger partial charge in [0.25, 0.3) is 0 Å². The number of imidazole rings is 1. The third kappa shape index (κ3) is 4.63. The lowest BCUT2D eigenvalue weighted by Gasteiger charge is -2.14. The summed E-state index contributed by atoms with van der Waals surface area (Å²) in [6.45, 7) is -2.37. The molecule has 0 aliphatic heterocycles. The SMILES string of the molecule is [2H]C([2H])([2H])n1cnc(Nc2ncc(-c3ccc(CC(=O)Nc4cc(C5(C(F)(F)F)CC5)on4)c(F)c3)cn2)c1. The van der Waals surface area contributed by atoms with Gasteiger partial charge in [-0.1, -0.05) is 17.3 Å². The highest BCUT2D eigenvalue weighted by Gasteiger charge is 2.66. The summed E-state index contributed by atoms with van der Waals surface area (Å²) < 4.78 is 82.3. The van der Waals surface area contributed by atoms with Crippen LogP contribution in [-0.2, 0) is 23.6 Å². The molecule has 0 spiro atoms. The summed E-state index contributed by atoms with van der Waals surface area (Å²) in [5.74, 6) is -1.55. The number of benzene rings is 1. The first kappa shape index (κ1) is 20.0. The molecule has 0 radical (unpaired) electrons. The number of carbonyl (C=O) groups excluding carboxylic acids is 1. The zero-order valence-electron chi connectivity index (χ0n) is 21.3. The maximum absolute atomic E-state index is 14.8. The Balaban J connectivity index is 1.20. The van der Waals surface area contributed by atoms with Crippen LogP contribution >= 0.6 is 0 Å². The lowest BCUT2D eigenvalue weighted by Crippen LogP contribution is -2.28. The fourth-order valence-corrected chi connectivity index (χ4v) is 3.63. The summed E-state index contributed by atoms with van der Waals surface area (Å²) in [5, 5.41) is 8.59. The number of aromatic nitrogens is 5. The van der Waals surface area contributed by atoms with Crippen LogP contribution in [0.25, 0.3) is 11.1 Å².